The van der Waals surface area contributed by atoms with Crippen molar-refractivity contribution < 1.29 is 19.8 Å². The van der Waals surface area contributed by atoms with Crippen molar-refractivity contribution in [2.24, 2.45) is 39.9 Å². The minimum absolute atomic E-state index is 0.0714. The molecule has 4 nitrogen and oxygen atoms in total. The van der Waals surface area contributed by atoms with E-state index in [1.807, 2.05) is 6.92 Å². The van der Waals surface area contributed by atoms with Crippen LogP contribution in [0.2, 0.25) is 0 Å². The lowest BCUT2D eigenvalue weighted by molar-refractivity contribution is -0.181. The van der Waals surface area contributed by atoms with E-state index < -0.39 is 17.4 Å². The van der Waals surface area contributed by atoms with Crippen LogP contribution in [0.4, 0.5) is 0 Å². The van der Waals surface area contributed by atoms with Crippen molar-refractivity contribution >= 4 is 11.9 Å². The van der Waals surface area contributed by atoms with E-state index in [0.29, 0.717) is 11.8 Å². The van der Waals surface area contributed by atoms with Crippen LogP contribution >= 0.6 is 0 Å². The SMILES string of the molecule is C[C@@]12CCC[C@@](C)(C(=O)O)[C@H]1CC[C@@]13C[C@@H](CC[C@H]12)[C@H](C(=O)O)C3. The Kier molecular flexibility index (Phi) is 3.41. The molecule has 0 aromatic carbocycles. The lowest BCUT2D eigenvalue weighted by Gasteiger charge is -2.63. The highest BCUT2D eigenvalue weighted by Gasteiger charge is 2.66. The van der Waals surface area contributed by atoms with Crippen molar-refractivity contribution in [2.45, 2.75) is 71.6 Å². The average Bonchev–Trinajstić information content (AvgIpc) is 2.78. The van der Waals surface area contributed by atoms with Gasteiger partial charge in [-0.05, 0) is 86.9 Å². The van der Waals surface area contributed by atoms with Crippen LogP contribution in [0, 0.1) is 39.9 Å². The number of rotatable bonds is 2. The van der Waals surface area contributed by atoms with Crippen LogP contribution in [0.1, 0.15) is 71.6 Å². The molecule has 134 valence electrons. The molecule has 0 aromatic rings. The first-order valence-corrected chi connectivity index (χ1v) is 9.69. The number of fused-ring (bicyclic) bond motifs is 3. The summed E-state index contributed by atoms with van der Waals surface area (Å²) in [4.78, 5) is 23.7. The summed E-state index contributed by atoms with van der Waals surface area (Å²) in [7, 11) is 0. The van der Waals surface area contributed by atoms with E-state index in [4.69, 9.17) is 0 Å². The topological polar surface area (TPSA) is 74.6 Å². The largest absolute Gasteiger partial charge is 0.481 e. The summed E-state index contributed by atoms with van der Waals surface area (Å²) in [6, 6.07) is 0. The van der Waals surface area contributed by atoms with Crippen LogP contribution in [0.3, 0.4) is 0 Å². The van der Waals surface area contributed by atoms with E-state index in [1.165, 1.54) is 0 Å². The van der Waals surface area contributed by atoms with Crippen molar-refractivity contribution in [2.75, 3.05) is 0 Å². The molecule has 2 bridgehead atoms. The van der Waals surface area contributed by atoms with E-state index in [0.717, 1.165) is 57.8 Å². The van der Waals surface area contributed by atoms with Crippen molar-refractivity contribution in [1.82, 2.24) is 0 Å². The first-order chi connectivity index (χ1) is 11.2. The highest BCUT2D eigenvalue weighted by molar-refractivity contribution is 5.75. The third-order valence-corrected chi connectivity index (χ3v) is 8.94. The van der Waals surface area contributed by atoms with Gasteiger partial charge in [0.2, 0.25) is 0 Å². The number of carbonyl (C=O) groups is 2. The lowest BCUT2D eigenvalue weighted by atomic mass is 9.41. The van der Waals surface area contributed by atoms with Gasteiger partial charge in [0.15, 0.2) is 0 Å². The molecule has 4 aliphatic rings. The van der Waals surface area contributed by atoms with Gasteiger partial charge in [-0.25, -0.2) is 0 Å². The van der Waals surface area contributed by atoms with Gasteiger partial charge < -0.3 is 10.2 Å². The fraction of sp³-hybridized carbons (Fsp3) is 0.900. The third kappa shape index (κ3) is 1.91. The molecule has 24 heavy (non-hydrogen) atoms. The Morgan fingerprint density at radius 1 is 0.917 bits per heavy atom. The molecule has 2 N–H and O–H groups in total. The Balaban J connectivity index is 1.71. The quantitative estimate of drug-likeness (QED) is 0.794. The van der Waals surface area contributed by atoms with Gasteiger partial charge in [-0.15, -0.1) is 0 Å². The van der Waals surface area contributed by atoms with Crippen molar-refractivity contribution in [3.8, 4) is 0 Å². The summed E-state index contributed by atoms with van der Waals surface area (Å²) < 4.78 is 0. The summed E-state index contributed by atoms with van der Waals surface area (Å²) in [5.41, 5.74) is -0.355. The molecule has 0 unspecified atom stereocenters. The van der Waals surface area contributed by atoms with Gasteiger partial charge >= 0.3 is 11.9 Å². The van der Waals surface area contributed by atoms with Gasteiger partial charge in [-0.2, -0.15) is 0 Å². The fourth-order valence-electron chi connectivity index (χ4n) is 7.99. The molecular weight excluding hydrogens is 304 g/mol. The molecule has 4 aliphatic carbocycles. The number of hydrogen-bond donors (Lipinski definition) is 2. The highest BCUT2D eigenvalue weighted by atomic mass is 16.4. The maximum absolute atomic E-state index is 12.1. The molecule has 0 amide bonds. The predicted octanol–water partition coefficient (Wildman–Crippen LogP) is 4.18. The predicted molar refractivity (Wildman–Crippen MR) is 89.4 cm³/mol. The Morgan fingerprint density at radius 2 is 1.67 bits per heavy atom. The Morgan fingerprint density at radius 3 is 2.33 bits per heavy atom. The van der Waals surface area contributed by atoms with Gasteiger partial charge in [0.25, 0.3) is 0 Å². The molecule has 0 radical (unpaired) electrons. The van der Waals surface area contributed by atoms with E-state index >= 15 is 0 Å². The van der Waals surface area contributed by atoms with Crippen molar-refractivity contribution in [1.29, 1.82) is 0 Å². The van der Waals surface area contributed by atoms with Crippen LogP contribution in [0.25, 0.3) is 0 Å². The summed E-state index contributed by atoms with van der Waals surface area (Å²) in [5.74, 6) is -0.282. The van der Waals surface area contributed by atoms with E-state index in [-0.39, 0.29) is 22.7 Å². The Bertz CT molecular complexity index is 586. The molecule has 0 aromatic heterocycles. The first kappa shape index (κ1) is 16.4. The molecule has 0 heterocycles. The van der Waals surface area contributed by atoms with Gasteiger partial charge in [-0.1, -0.05) is 13.3 Å². The van der Waals surface area contributed by atoms with E-state index in [1.54, 1.807) is 0 Å². The van der Waals surface area contributed by atoms with Crippen molar-refractivity contribution in [3.63, 3.8) is 0 Å². The van der Waals surface area contributed by atoms with Crippen LogP contribution in [0.15, 0.2) is 0 Å². The highest BCUT2D eigenvalue weighted by Crippen LogP contribution is 2.72. The second kappa shape index (κ2) is 4.98. The van der Waals surface area contributed by atoms with Gasteiger partial charge in [-0.3, -0.25) is 9.59 Å². The summed E-state index contributed by atoms with van der Waals surface area (Å²) in [5, 5.41) is 19.5. The van der Waals surface area contributed by atoms with Gasteiger partial charge in [0.05, 0.1) is 11.3 Å². The van der Waals surface area contributed by atoms with E-state index in [2.05, 4.69) is 6.92 Å². The summed E-state index contributed by atoms with van der Waals surface area (Å²) in [6.45, 7) is 4.31. The van der Waals surface area contributed by atoms with E-state index in [9.17, 15) is 19.8 Å². The molecule has 4 rings (SSSR count). The molecule has 0 aliphatic heterocycles. The molecule has 1 spiro atoms. The fourth-order valence-corrected chi connectivity index (χ4v) is 7.99. The zero-order valence-corrected chi connectivity index (χ0v) is 14.9. The first-order valence-electron chi connectivity index (χ1n) is 9.69. The molecule has 4 heteroatoms. The molecule has 4 saturated carbocycles. The minimum atomic E-state index is -0.627. The van der Waals surface area contributed by atoms with Gasteiger partial charge in [0, 0.05) is 0 Å². The Hall–Kier alpha value is -1.06. The monoisotopic (exact) mass is 334 g/mol. The normalized spacial score (nSPS) is 53.1. The molecule has 4 fully saturated rings. The third-order valence-electron chi connectivity index (χ3n) is 8.94. The molecule has 0 saturated heterocycles. The standard InChI is InChI=1S/C20H30O4/c1-18-7-3-8-19(2,17(23)24)14(18)6-9-20-10-12(4-5-15(18)20)13(11-20)16(21)22/h12-15H,3-11H2,1-2H3,(H,21,22)(H,23,24)/t12-,13-,14+,15+,18-,19-,20+/m1/s1. The lowest BCUT2D eigenvalue weighted by Crippen LogP contribution is -2.58. The Labute approximate surface area is 144 Å². The molecular formula is C20H30O4. The van der Waals surface area contributed by atoms with Crippen molar-refractivity contribution in [3.05, 3.63) is 0 Å². The number of carboxylic acid groups (broad SMARTS) is 2. The zero-order valence-electron chi connectivity index (χ0n) is 14.9. The zero-order chi connectivity index (χ0) is 17.3. The van der Waals surface area contributed by atoms with Crippen LogP contribution in [-0.4, -0.2) is 22.2 Å². The maximum Gasteiger partial charge on any atom is 0.309 e. The maximum atomic E-state index is 12.1. The number of hydrogen-bond acceptors (Lipinski definition) is 2. The molecule has 7 atom stereocenters. The van der Waals surface area contributed by atoms with Crippen LogP contribution in [-0.2, 0) is 9.59 Å². The second-order valence-electron chi connectivity index (χ2n) is 9.78. The second-order valence-corrected chi connectivity index (χ2v) is 9.78. The minimum Gasteiger partial charge on any atom is -0.481 e. The van der Waals surface area contributed by atoms with Crippen LogP contribution in [0.5, 0.6) is 0 Å². The average molecular weight is 334 g/mol. The number of carboxylic acids is 2. The smallest absolute Gasteiger partial charge is 0.309 e. The van der Waals surface area contributed by atoms with Crippen LogP contribution < -0.4 is 0 Å². The van der Waals surface area contributed by atoms with Gasteiger partial charge in [0.1, 0.15) is 0 Å². The summed E-state index contributed by atoms with van der Waals surface area (Å²) >= 11 is 0. The summed E-state index contributed by atoms with van der Waals surface area (Å²) in [6.07, 6.45) is 8.96. The number of aliphatic carboxylic acids is 2.